The van der Waals surface area contributed by atoms with Gasteiger partial charge >= 0.3 is 0 Å². The van der Waals surface area contributed by atoms with Crippen molar-refractivity contribution in [3.05, 3.63) is 74.4 Å². The van der Waals surface area contributed by atoms with E-state index < -0.39 is 0 Å². The van der Waals surface area contributed by atoms with Crippen LogP contribution in [0.15, 0.2) is 74.4 Å². The highest BCUT2D eigenvalue weighted by Crippen LogP contribution is 1.81. The summed E-state index contributed by atoms with van der Waals surface area (Å²) in [5, 5.41) is 0. The molecule has 0 atom stereocenters. The second-order valence-corrected chi connectivity index (χ2v) is 2.57. The molecule has 15 heavy (non-hydrogen) atoms. The zero-order valence-electron chi connectivity index (χ0n) is 10.4. The van der Waals surface area contributed by atoms with Crippen molar-refractivity contribution in [1.29, 1.82) is 0 Å². The second kappa shape index (κ2) is 22.9. The van der Waals surface area contributed by atoms with E-state index in [1.807, 2.05) is 45.1 Å². The Morgan fingerprint density at radius 1 is 0.867 bits per heavy atom. The van der Waals surface area contributed by atoms with Crippen molar-refractivity contribution in [2.24, 2.45) is 0 Å². The monoisotopic (exact) mass is 204 g/mol. The van der Waals surface area contributed by atoms with Gasteiger partial charge in [-0.25, -0.2) is 0 Å². The molecule has 0 aromatic carbocycles. The summed E-state index contributed by atoms with van der Waals surface area (Å²) in [6, 6.07) is 0. The minimum absolute atomic E-state index is 1.02. The van der Waals surface area contributed by atoms with E-state index in [2.05, 4.69) is 26.3 Å². The average Bonchev–Trinajstić information content (AvgIpc) is 2.22. The van der Waals surface area contributed by atoms with Gasteiger partial charge in [0.25, 0.3) is 0 Å². The molecule has 0 nitrogen and oxygen atoms in total. The molecule has 0 fully saturated rings. The maximum Gasteiger partial charge on any atom is -0.0404 e. The topological polar surface area (TPSA) is 0 Å². The van der Waals surface area contributed by atoms with Gasteiger partial charge in [-0.15, -0.1) is 0 Å². The Balaban J connectivity index is -0.000000144. The molecule has 0 aromatic rings. The molecule has 84 valence electrons. The van der Waals surface area contributed by atoms with E-state index in [-0.39, 0.29) is 0 Å². The van der Waals surface area contributed by atoms with Gasteiger partial charge in [-0.2, -0.15) is 0 Å². The lowest BCUT2D eigenvalue weighted by atomic mass is 10.4. The fraction of sp³-hybridized carbons (Fsp3) is 0.200. The lowest BCUT2D eigenvalue weighted by Crippen LogP contribution is -1.50. The molecule has 0 unspecified atom stereocenters. The van der Waals surface area contributed by atoms with Crippen molar-refractivity contribution >= 4 is 0 Å². The SMILES string of the molecule is C=CC(=C)C.C=CC=CC.C=CC=CC. The fourth-order valence-corrected chi connectivity index (χ4v) is 0.272. The predicted molar refractivity (Wildman–Crippen MR) is 75.0 cm³/mol. The van der Waals surface area contributed by atoms with Crippen LogP contribution in [-0.2, 0) is 0 Å². The second-order valence-electron chi connectivity index (χ2n) is 2.57. The van der Waals surface area contributed by atoms with E-state index in [1.54, 1.807) is 18.2 Å². The summed E-state index contributed by atoms with van der Waals surface area (Å²) in [4.78, 5) is 0. The lowest BCUT2D eigenvalue weighted by molar-refractivity contribution is 1.58. The van der Waals surface area contributed by atoms with E-state index in [0.717, 1.165) is 5.57 Å². The predicted octanol–water partition coefficient (Wildman–Crippen LogP) is 5.25. The Morgan fingerprint density at radius 2 is 1.13 bits per heavy atom. The van der Waals surface area contributed by atoms with Crippen LogP contribution >= 0.6 is 0 Å². The molecule has 0 N–H and O–H groups in total. The number of rotatable bonds is 3. The van der Waals surface area contributed by atoms with Crippen LogP contribution in [0, 0.1) is 0 Å². The molecule has 0 aromatic heterocycles. The normalized spacial score (nSPS) is 8.20. The van der Waals surface area contributed by atoms with Crippen LogP contribution in [0.3, 0.4) is 0 Å². The molecule has 0 aliphatic carbocycles. The quantitative estimate of drug-likeness (QED) is 0.551. The molecular formula is C15H24. The summed E-state index contributed by atoms with van der Waals surface area (Å²) in [7, 11) is 0. The highest BCUT2D eigenvalue weighted by atomic mass is 13.7. The minimum Gasteiger partial charge on any atom is -0.0991 e. The van der Waals surface area contributed by atoms with Gasteiger partial charge in [0.1, 0.15) is 0 Å². The van der Waals surface area contributed by atoms with Gasteiger partial charge in [-0.3, -0.25) is 0 Å². The Labute approximate surface area is 95.7 Å². The average molecular weight is 204 g/mol. The number of allylic oxidation sites excluding steroid dienone is 8. The first-order chi connectivity index (χ1) is 7.10. The third-order valence-corrected chi connectivity index (χ3v) is 1.01. The van der Waals surface area contributed by atoms with E-state index in [0.29, 0.717) is 0 Å². The van der Waals surface area contributed by atoms with E-state index in [1.165, 1.54) is 0 Å². The molecule has 0 amide bonds. The largest absolute Gasteiger partial charge is 0.0991 e. The van der Waals surface area contributed by atoms with Crippen molar-refractivity contribution in [2.45, 2.75) is 20.8 Å². The molecule has 0 radical (unpaired) electrons. The summed E-state index contributed by atoms with van der Waals surface area (Å²) in [5.41, 5.74) is 1.02. The molecule has 0 saturated carbocycles. The van der Waals surface area contributed by atoms with Gasteiger partial charge in [0, 0.05) is 0 Å². The summed E-state index contributed by atoms with van der Waals surface area (Å²) in [5.74, 6) is 0. The standard InChI is InChI=1S/3C5H8/c1-4-5(2)3;2*1-3-5-4-2/h4H,1-2H2,3H3;2*3-5H,1H2,2H3. The van der Waals surface area contributed by atoms with Gasteiger partial charge in [0.15, 0.2) is 0 Å². The molecule has 0 saturated heterocycles. The third kappa shape index (κ3) is 68.8. The van der Waals surface area contributed by atoms with Gasteiger partial charge < -0.3 is 0 Å². The number of hydrogen-bond donors (Lipinski definition) is 0. The van der Waals surface area contributed by atoms with Crippen molar-refractivity contribution in [3.63, 3.8) is 0 Å². The van der Waals surface area contributed by atoms with Gasteiger partial charge in [-0.05, 0) is 20.8 Å². The van der Waals surface area contributed by atoms with Crippen LogP contribution in [0.25, 0.3) is 0 Å². The summed E-state index contributed by atoms with van der Waals surface area (Å²) < 4.78 is 0. The zero-order chi connectivity index (χ0) is 12.5. The van der Waals surface area contributed by atoms with E-state index in [9.17, 15) is 0 Å². The van der Waals surface area contributed by atoms with Crippen LogP contribution in [0.1, 0.15) is 20.8 Å². The van der Waals surface area contributed by atoms with E-state index >= 15 is 0 Å². The van der Waals surface area contributed by atoms with Crippen molar-refractivity contribution in [1.82, 2.24) is 0 Å². The third-order valence-electron chi connectivity index (χ3n) is 1.01. The van der Waals surface area contributed by atoms with Crippen LogP contribution in [0.2, 0.25) is 0 Å². The molecule has 0 rings (SSSR count). The Bertz CT molecular complexity index is 198. The molecule has 0 spiro atoms. The Morgan fingerprint density at radius 3 is 1.13 bits per heavy atom. The van der Waals surface area contributed by atoms with Crippen molar-refractivity contribution in [3.8, 4) is 0 Å². The van der Waals surface area contributed by atoms with Gasteiger partial charge in [0.05, 0.1) is 0 Å². The van der Waals surface area contributed by atoms with Crippen molar-refractivity contribution < 1.29 is 0 Å². The number of hydrogen-bond acceptors (Lipinski definition) is 0. The molecular weight excluding hydrogens is 180 g/mol. The van der Waals surface area contributed by atoms with Crippen molar-refractivity contribution in [2.75, 3.05) is 0 Å². The first-order valence-corrected chi connectivity index (χ1v) is 4.86. The van der Waals surface area contributed by atoms with Crippen LogP contribution in [0.5, 0.6) is 0 Å². The zero-order valence-corrected chi connectivity index (χ0v) is 10.4. The lowest BCUT2D eigenvalue weighted by Gasteiger charge is -1.71. The first-order valence-electron chi connectivity index (χ1n) is 4.86. The molecule has 0 aliphatic rings. The van der Waals surface area contributed by atoms with Crippen LogP contribution < -0.4 is 0 Å². The minimum atomic E-state index is 1.02. The summed E-state index contributed by atoms with van der Waals surface area (Å²) in [6.45, 7) is 19.8. The molecule has 0 heteroatoms. The highest BCUT2D eigenvalue weighted by Gasteiger charge is 1.59. The summed E-state index contributed by atoms with van der Waals surface area (Å²) >= 11 is 0. The Kier molecular flexibility index (Phi) is 29.1. The van der Waals surface area contributed by atoms with Gasteiger partial charge in [-0.1, -0.05) is 74.4 Å². The molecule has 0 heterocycles. The first kappa shape index (κ1) is 19.1. The molecule has 0 aliphatic heterocycles. The smallest absolute Gasteiger partial charge is 0.0404 e. The summed E-state index contributed by atoms with van der Waals surface area (Å²) in [6.07, 6.45) is 12.9. The van der Waals surface area contributed by atoms with Gasteiger partial charge in [0.2, 0.25) is 0 Å². The maximum absolute atomic E-state index is 3.56. The Hall–Kier alpha value is -1.56. The highest BCUT2D eigenvalue weighted by molar-refractivity contribution is 5.05. The van der Waals surface area contributed by atoms with Crippen LogP contribution in [0.4, 0.5) is 0 Å². The fourth-order valence-electron chi connectivity index (χ4n) is 0.272. The molecule has 0 bridgehead atoms. The maximum atomic E-state index is 3.56. The van der Waals surface area contributed by atoms with E-state index in [4.69, 9.17) is 0 Å². The van der Waals surface area contributed by atoms with Crippen LogP contribution in [-0.4, -0.2) is 0 Å².